The first-order chi connectivity index (χ1) is 20.9. The summed E-state index contributed by atoms with van der Waals surface area (Å²) in [5, 5.41) is 8.26. The number of ether oxygens (including phenoxy) is 2. The van der Waals surface area contributed by atoms with Crippen molar-refractivity contribution in [2.75, 3.05) is 0 Å². The Morgan fingerprint density at radius 2 is 0.560 bits per heavy atom. The van der Waals surface area contributed by atoms with Gasteiger partial charge in [0.2, 0.25) is 0 Å². The molecule has 1 rings (SSSR count). The number of rotatable bonds is 11. The van der Waals surface area contributed by atoms with Gasteiger partial charge in [0.25, 0.3) is 0 Å². The first-order valence-corrected chi connectivity index (χ1v) is 10.4. The molecular weight excluding hydrogens is 829 g/mol. The van der Waals surface area contributed by atoms with Crippen molar-refractivity contribution in [2.45, 2.75) is 95.4 Å². The maximum Gasteiger partial charge on any atom is 0.460 e. The topological polar surface area (TPSA) is 38.7 Å². The number of aliphatic hydroxyl groups is 1. The van der Waals surface area contributed by atoms with Crippen LogP contribution in [0.1, 0.15) is 0 Å². The SMILES string of the molecule is OC(F)(F)C1(C(F)(F)C(F)(F)C(F)(F)C(F)(F)C(F)(F)C(F)(F)F)OC(F)(F)C(F)(C(F)(F)C(F)(F)C(F)(F)C(F)(F)C(F)(F)C(F)(F)F)O1. The second-order valence-electron chi connectivity index (χ2n) is 9.21. The predicted molar refractivity (Wildman–Crippen MR) is 82.4 cm³/mol. The van der Waals surface area contributed by atoms with Crippen LogP contribution in [0.2, 0.25) is 0 Å². The summed E-state index contributed by atoms with van der Waals surface area (Å²) < 4.78 is 418. The summed E-state index contributed by atoms with van der Waals surface area (Å²) in [7, 11) is 0. The van der Waals surface area contributed by atoms with E-state index in [2.05, 4.69) is 0 Å². The summed E-state index contributed by atoms with van der Waals surface area (Å²) in [6.07, 6.45) is -33.8. The summed E-state index contributed by atoms with van der Waals surface area (Å²) in [5.74, 6) is -112. The Hall–Kier alpha value is -2.29. The van der Waals surface area contributed by atoms with Crippen molar-refractivity contribution in [3.8, 4) is 0 Å². The third kappa shape index (κ3) is 4.96. The van der Waals surface area contributed by atoms with Gasteiger partial charge < -0.3 is 5.11 Å². The lowest BCUT2D eigenvalue weighted by atomic mass is 9.89. The molecule has 50 heavy (non-hydrogen) atoms. The first-order valence-electron chi connectivity index (χ1n) is 10.4. The molecule has 0 spiro atoms. The van der Waals surface area contributed by atoms with Gasteiger partial charge in [-0.1, -0.05) is 0 Å². The van der Waals surface area contributed by atoms with Crippen LogP contribution in [0.3, 0.4) is 0 Å². The largest absolute Gasteiger partial charge is 0.460 e. The fourth-order valence-corrected chi connectivity index (χ4v) is 3.16. The predicted octanol–water partition coefficient (Wildman–Crippen LogP) is 9.05. The van der Waals surface area contributed by atoms with Gasteiger partial charge in [-0.15, -0.1) is 0 Å². The molecule has 0 aliphatic carbocycles. The molecule has 0 aromatic rings. The van der Waals surface area contributed by atoms with Crippen LogP contribution in [-0.2, 0) is 9.47 Å². The van der Waals surface area contributed by atoms with Crippen molar-refractivity contribution in [1.82, 2.24) is 0 Å². The van der Waals surface area contributed by atoms with Gasteiger partial charge in [-0.05, 0) is 0 Å². The highest BCUT2D eigenvalue weighted by Gasteiger charge is 3.03. The van der Waals surface area contributed by atoms with Gasteiger partial charge in [0, 0.05) is 0 Å². The Labute approximate surface area is 247 Å². The highest BCUT2D eigenvalue weighted by Crippen LogP contribution is 2.71. The van der Waals surface area contributed by atoms with Crippen molar-refractivity contribution >= 4 is 0 Å². The molecule has 0 bridgehead atoms. The molecular formula is C16HF31O3. The van der Waals surface area contributed by atoms with E-state index < -0.39 is 95.4 Å². The minimum absolute atomic E-state index is 1.27. The van der Waals surface area contributed by atoms with E-state index in [-0.39, 0.29) is 0 Å². The van der Waals surface area contributed by atoms with Gasteiger partial charge in [0.05, 0.1) is 0 Å². The van der Waals surface area contributed by atoms with Gasteiger partial charge in [-0.25, -0.2) is 0 Å². The normalized spacial score (nSPS) is 25.0. The first kappa shape index (κ1) is 45.7. The third-order valence-corrected chi connectivity index (χ3v) is 6.01. The Morgan fingerprint density at radius 3 is 0.800 bits per heavy atom. The second kappa shape index (κ2) is 10.7. The monoisotopic (exact) mass is 830 g/mol. The van der Waals surface area contributed by atoms with Crippen molar-refractivity contribution in [1.29, 1.82) is 0 Å². The lowest BCUT2D eigenvalue weighted by Gasteiger charge is -2.45. The van der Waals surface area contributed by atoms with Gasteiger partial charge >= 0.3 is 95.4 Å². The minimum atomic E-state index is -9.69. The van der Waals surface area contributed by atoms with Crippen molar-refractivity contribution in [3.63, 3.8) is 0 Å². The van der Waals surface area contributed by atoms with E-state index in [0.29, 0.717) is 0 Å². The van der Waals surface area contributed by atoms with Crippen LogP contribution >= 0.6 is 0 Å². The Balaban J connectivity index is 4.25. The van der Waals surface area contributed by atoms with Crippen LogP contribution < -0.4 is 0 Å². The standard InChI is InChI=1S/C16HF31O3/c17-1(18,5(25,26)9(33,34)13(38,39)40)3(21,22)7(29,30)11(37)16(46,47)50-12(49-11,15(44,45)48)8(31,32)4(23,24)2(19,20)6(27,28)10(35,36)14(41,42)43/h48H. The smallest absolute Gasteiger partial charge is 0.332 e. The fraction of sp³-hybridized carbons (Fsp3) is 1.00. The van der Waals surface area contributed by atoms with Crippen molar-refractivity contribution < 1.29 is 151 Å². The van der Waals surface area contributed by atoms with E-state index in [4.69, 9.17) is 5.11 Å². The molecule has 2 unspecified atom stereocenters. The molecule has 0 radical (unpaired) electrons. The Morgan fingerprint density at radius 1 is 0.320 bits per heavy atom. The van der Waals surface area contributed by atoms with Crippen LogP contribution in [0, 0.1) is 0 Å². The Bertz CT molecular complexity index is 1280. The van der Waals surface area contributed by atoms with Gasteiger partial charge in [-0.2, -0.15) is 136 Å². The zero-order chi connectivity index (χ0) is 41.4. The van der Waals surface area contributed by atoms with Crippen LogP contribution in [0.15, 0.2) is 0 Å². The van der Waals surface area contributed by atoms with Crippen molar-refractivity contribution in [3.05, 3.63) is 0 Å². The van der Waals surface area contributed by atoms with E-state index in [9.17, 15) is 136 Å². The quantitative estimate of drug-likeness (QED) is 0.212. The average molecular weight is 830 g/mol. The maximum atomic E-state index is 14.7. The summed E-state index contributed by atoms with van der Waals surface area (Å²) in [6.45, 7) is 0. The molecule has 1 fully saturated rings. The molecule has 0 aromatic heterocycles. The lowest BCUT2D eigenvalue weighted by Crippen LogP contribution is -2.77. The zero-order valence-corrected chi connectivity index (χ0v) is 21.0. The highest BCUT2D eigenvalue weighted by molar-refractivity contribution is 5.20. The average Bonchev–Trinajstić information content (AvgIpc) is 3.09. The number of hydrogen-bond acceptors (Lipinski definition) is 3. The molecule has 0 aromatic carbocycles. The van der Waals surface area contributed by atoms with Crippen LogP contribution in [0.25, 0.3) is 0 Å². The molecule has 2 atom stereocenters. The van der Waals surface area contributed by atoms with Gasteiger partial charge in [-0.3, -0.25) is 9.47 Å². The van der Waals surface area contributed by atoms with E-state index in [1.54, 1.807) is 0 Å². The second-order valence-corrected chi connectivity index (χ2v) is 9.21. The summed E-state index contributed by atoms with van der Waals surface area (Å²) in [5.41, 5.74) is 0. The molecule has 300 valence electrons. The molecule has 0 amide bonds. The van der Waals surface area contributed by atoms with E-state index in [0.717, 1.165) is 0 Å². The Kier molecular flexibility index (Phi) is 9.74. The molecule has 0 saturated carbocycles. The fourth-order valence-electron chi connectivity index (χ4n) is 3.16. The molecule has 1 heterocycles. The molecule has 1 N–H and O–H groups in total. The van der Waals surface area contributed by atoms with Crippen LogP contribution in [0.5, 0.6) is 0 Å². The lowest BCUT2D eigenvalue weighted by molar-refractivity contribution is -0.514. The van der Waals surface area contributed by atoms with E-state index in [1.165, 1.54) is 9.47 Å². The minimum Gasteiger partial charge on any atom is -0.332 e. The highest BCUT2D eigenvalue weighted by atomic mass is 19.4. The molecule has 1 aliphatic rings. The molecule has 1 saturated heterocycles. The third-order valence-electron chi connectivity index (χ3n) is 6.01. The van der Waals surface area contributed by atoms with Gasteiger partial charge in [0.1, 0.15) is 0 Å². The maximum absolute atomic E-state index is 14.7. The summed E-state index contributed by atoms with van der Waals surface area (Å²) in [4.78, 5) is 0. The van der Waals surface area contributed by atoms with Crippen molar-refractivity contribution in [2.24, 2.45) is 0 Å². The van der Waals surface area contributed by atoms with Gasteiger partial charge in [0.15, 0.2) is 0 Å². The number of halogens is 31. The summed E-state index contributed by atoms with van der Waals surface area (Å²) >= 11 is 0. The zero-order valence-electron chi connectivity index (χ0n) is 21.0. The van der Waals surface area contributed by atoms with Crippen LogP contribution in [-0.4, -0.2) is 101 Å². The molecule has 3 nitrogen and oxygen atoms in total. The summed E-state index contributed by atoms with van der Waals surface area (Å²) in [6, 6.07) is 0. The van der Waals surface area contributed by atoms with Crippen LogP contribution in [0.4, 0.5) is 136 Å². The molecule has 34 heteroatoms. The van der Waals surface area contributed by atoms with E-state index >= 15 is 0 Å². The van der Waals surface area contributed by atoms with E-state index in [1.807, 2.05) is 0 Å². The molecule has 1 aliphatic heterocycles. The number of hydrogen-bond donors (Lipinski definition) is 1. The number of alkyl halides is 31.